The Labute approximate surface area is 190 Å². The maximum Gasteiger partial charge on any atom is 0.290 e. The van der Waals surface area contributed by atoms with Crippen molar-refractivity contribution in [2.24, 2.45) is 5.92 Å². The molecule has 2 aliphatic rings. The molecule has 0 aliphatic carbocycles. The zero-order chi connectivity index (χ0) is 22.5. The molecule has 1 saturated heterocycles. The zero-order valence-electron chi connectivity index (χ0n) is 19.1. The zero-order valence-corrected chi connectivity index (χ0v) is 19.1. The number of fused-ring (bicyclic) bond motifs is 3. The van der Waals surface area contributed by atoms with Crippen molar-refractivity contribution in [1.29, 1.82) is 0 Å². The van der Waals surface area contributed by atoms with Gasteiger partial charge in [-0.1, -0.05) is 30.3 Å². The van der Waals surface area contributed by atoms with E-state index >= 15 is 0 Å². The first-order valence-electron chi connectivity index (χ1n) is 11.7. The molecule has 32 heavy (non-hydrogen) atoms. The van der Waals surface area contributed by atoms with Gasteiger partial charge in [-0.2, -0.15) is 0 Å². The second kappa shape index (κ2) is 10.2. The normalized spacial score (nSPS) is 20.4. The Morgan fingerprint density at radius 2 is 1.97 bits per heavy atom. The van der Waals surface area contributed by atoms with Crippen molar-refractivity contribution in [1.82, 2.24) is 14.9 Å². The predicted molar refractivity (Wildman–Crippen MR) is 129 cm³/mol. The number of imidazole rings is 1. The lowest BCUT2D eigenvalue weighted by Gasteiger charge is -2.34. The van der Waals surface area contributed by atoms with Crippen LogP contribution in [0, 0.1) is 5.92 Å². The van der Waals surface area contributed by atoms with Crippen molar-refractivity contribution in [3.63, 3.8) is 0 Å². The highest BCUT2D eigenvalue weighted by atomic mass is 16.3. The number of carboxylic acid groups (broad SMARTS) is 1. The van der Waals surface area contributed by atoms with E-state index < -0.39 is 0 Å². The lowest BCUT2D eigenvalue weighted by atomic mass is 9.96. The first-order valence-corrected chi connectivity index (χ1v) is 11.7. The molecule has 2 N–H and O–H groups in total. The van der Waals surface area contributed by atoms with Crippen LogP contribution in [0.1, 0.15) is 43.1 Å². The minimum Gasteiger partial charge on any atom is -0.483 e. The van der Waals surface area contributed by atoms with Crippen LogP contribution in [0.5, 0.6) is 0 Å². The van der Waals surface area contributed by atoms with Crippen LogP contribution in [0.2, 0.25) is 0 Å². The molecule has 0 bridgehead atoms. The summed E-state index contributed by atoms with van der Waals surface area (Å²) in [6.07, 6.45) is 5.82. The van der Waals surface area contributed by atoms with E-state index in [2.05, 4.69) is 71.2 Å². The topological polar surface area (TPSA) is 70.4 Å². The summed E-state index contributed by atoms with van der Waals surface area (Å²) in [5.74, 6) is 1.90. The number of hydrogen-bond donors (Lipinski definition) is 2. The van der Waals surface area contributed by atoms with Gasteiger partial charge in [0, 0.05) is 37.3 Å². The molecule has 2 aliphatic heterocycles. The third-order valence-corrected chi connectivity index (χ3v) is 6.98. The molecular weight excluding hydrogens is 400 g/mol. The van der Waals surface area contributed by atoms with Crippen molar-refractivity contribution in [2.45, 2.75) is 51.6 Å². The van der Waals surface area contributed by atoms with Crippen molar-refractivity contribution in [2.75, 3.05) is 25.0 Å². The van der Waals surface area contributed by atoms with Gasteiger partial charge in [-0.25, -0.2) is 4.98 Å². The Morgan fingerprint density at radius 3 is 2.69 bits per heavy atom. The van der Waals surface area contributed by atoms with Gasteiger partial charge in [0.25, 0.3) is 6.47 Å². The highest BCUT2D eigenvalue weighted by Crippen LogP contribution is 2.36. The summed E-state index contributed by atoms with van der Waals surface area (Å²) in [7, 11) is 2.23. The fourth-order valence-corrected chi connectivity index (χ4v) is 5.10. The average molecular weight is 435 g/mol. The van der Waals surface area contributed by atoms with Crippen LogP contribution < -0.4 is 10.2 Å². The molecule has 170 valence electrons. The first-order chi connectivity index (χ1) is 15.6. The number of hydrogen-bond acceptors (Lipinski definition) is 4. The maximum absolute atomic E-state index is 8.36. The van der Waals surface area contributed by atoms with Crippen LogP contribution in [0.25, 0.3) is 11.0 Å². The summed E-state index contributed by atoms with van der Waals surface area (Å²) >= 11 is 0. The lowest BCUT2D eigenvalue weighted by molar-refractivity contribution is -0.122. The average Bonchev–Trinajstić information content (AvgIpc) is 3.15. The minimum atomic E-state index is -0.250. The predicted octanol–water partition coefficient (Wildman–Crippen LogP) is 4.10. The fourth-order valence-electron chi connectivity index (χ4n) is 5.10. The van der Waals surface area contributed by atoms with E-state index in [1.807, 2.05) is 0 Å². The molecule has 0 radical (unpaired) electrons. The number of rotatable bonds is 4. The molecule has 0 spiro atoms. The Hall–Kier alpha value is -2.86. The number of benzene rings is 2. The number of nitrogens with zero attached hydrogens (tertiary/aromatic N) is 3. The summed E-state index contributed by atoms with van der Waals surface area (Å²) in [5.41, 5.74) is 6.70. The molecule has 1 aromatic heterocycles. The molecule has 6 nitrogen and oxygen atoms in total. The van der Waals surface area contributed by atoms with Crippen molar-refractivity contribution in [3.05, 3.63) is 59.4 Å². The molecule has 0 amide bonds. The molecule has 2 aromatic carbocycles. The molecule has 2 unspecified atom stereocenters. The number of piperidine rings is 1. The van der Waals surface area contributed by atoms with Crippen molar-refractivity contribution >= 4 is 23.2 Å². The van der Waals surface area contributed by atoms with Crippen LogP contribution in [0.4, 0.5) is 5.69 Å². The van der Waals surface area contributed by atoms with Gasteiger partial charge in [-0.15, -0.1) is 0 Å². The third-order valence-electron chi connectivity index (χ3n) is 6.98. The van der Waals surface area contributed by atoms with E-state index in [1.165, 1.54) is 52.9 Å². The Balaban J connectivity index is 0.000000775. The van der Waals surface area contributed by atoms with Crippen molar-refractivity contribution < 1.29 is 9.90 Å². The fraction of sp³-hybridized carbons (Fsp3) is 0.462. The Kier molecular flexibility index (Phi) is 7.10. The van der Waals surface area contributed by atoms with Crippen molar-refractivity contribution in [3.8, 4) is 0 Å². The number of aromatic nitrogens is 2. The van der Waals surface area contributed by atoms with Gasteiger partial charge in [0.15, 0.2) is 0 Å². The van der Waals surface area contributed by atoms with E-state index in [0.717, 1.165) is 32.5 Å². The van der Waals surface area contributed by atoms with Crippen LogP contribution in [0.15, 0.2) is 42.5 Å². The number of nitrogens with one attached hydrogen (secondary N) is 1. The molecular formula is C26H34N4O2. The summed E-state index contributed by atoms with van der Waals surface area (Å²) in [6.45, 7) is 5.42. The Bertz CT molecular complexity index is 1040. The second-order valence-corrected chi connectivity index (χ2v) is 9.05. The molecule has 3 aromatic rings. The second-order valence-electron chi connectivity index (χ2n) is 9.05. The van der Waals surface area contributed by atoms with Gasteiger partial charge in [0.2, 0.25) is 0 Å². The summed E-state index contributed by atoms with van der Waals surface area (Å²) in [5, 5.41) is 10.5. The molecule has 6 heteroatoms. The monoisotopic (exact) mass is 434 g/mol. The number of carbonyl (C=O) groups is 1. The Morgan fingerprint density at radius 1 is 1.19 bits per heavy atom. The first kappa shape index (κ1) is 22.3. The molecule has 5 rings (SSSR count). The van der Waals surface area contributed by atoms with E-state index in [1.54, 1.807) is 0 Å². The highest BCUT2D eigenvalue weighted by Gasteiger charge is 2.25. The van der Waals surface area contributed by atoms with Gasteiger partial charge >= 0.3 is 0 Å². The molecule has 1 fully saturated rings. The highest BCUT2D eigenvalue weighted by molar-refractivity contribution is 5.86. The SMILES string of the molecule is CC1CCc2c(ccc3c2nc(Cc2ccccc2)n3CC2CCCNC2)N1C.O=CO. The molecule has 3 heterocycles. The van der Waals surface area contributed by atoms with E-state index in [-0.39, 0.29) is 6.47 Å². The molecule has 0 saturated carbocycles. The minimum absolute atomic E-state index is 0.250. The van der Waals surface area contributed by atoms with Gasteiger partial charge in [-0.3, -0.25) is 4.79 Å². The third kappa shape index (κ3) is 4.65. The summed E-state index contributed by atoms with van der Waals surface area (Å²) in [6, 6.07) is 16.0. The van der Waals surface area contributed by atoms with E-state index in [0.29, 0.717) is 12.0 Å². The smallest absolute Gasteiger partial charge is 0.290 e. The van der Waals surface area contributed by atoms with Gasteiger partial charge in [0.05, 0.1) is 11.0 Å². The lowest BCUT2D eigenvalue weighted by Crippen LogP contribution is -2.33. The quantitative estimate of drug-likeness (QED) is 0.605. The van der Waals surface area contributed by atoms with Gasteiger partial charge in [0.1, 0.15) is 5.82 Å². The number of anilines is 1. The van der Waals surface area contributed by atoms with Gasteiger partial charge < -0.3 is 19.9 Å². The largest absolute Gasteiger partial charge is 0.483 e. The van der Waals surface area contributed by atoms with E-state index in [4.69, 9.17) is 14.9 Å². The number of aryl methyl sites for hydroxylation is 1. The van der Waals surface area contributed by atoms with Crippen LogP contribution in [0.3, 0.4) is 0 Å². The van der Waals surface area contributed by atoms with Gasteiger partial charge in [-0.05, 0) is 69.3 Å². The van der Waals surface area contributed by atoms with E-state index in [9.17, 15) is 0 Å². The maximum atomic E-state index is 8.36. The van der Waals surface area contributed by atoms with Crippen LogP contribution >= 0.6 is 0 Å². The standard InChI is InChI=1S/C25H32N4.CH2O2/c1-18-10-11-21-22(28(18)2)12-13-23-25(21)27-24(15-19-7-4-3-5-8-19)29(23)17-20-9-6-14-26-16-20;2-1-3/h3-5,7-8,12-13,18,20,26H,6,9-11,14-17H2,1-2H3;1H,(H,2,3). The summed E-state index contributed by atoms with van der Waals surface area (Å²) < 4.78 is 2.53. The van der Waals surface area contributed by atoms with Crippen LogP contribution in [-0.4, -0.2) is 47.3 Å². The van der Waals surface area contributed by atoms with Crippen LogP contribution in [-0.2, 0) is 24.2 Å². The summed E-state index contributed by atoms with van der Waals surface area (Å²) in [4.78, 5) is 16.1. The molecule has 2 atom stereocenters.